The maximum absolute atomic E-state index is 10.9. The number of nitrogens with zero attached hydrogens (tertiary/aromatic N) is 5. The van der Waals surface area contributed by atoms with Gasteiger partial charge in [0.1, 0.15) is 10.6 Å². The minimum absolute atomic E-state index is 0.733. The molecule has 3 rings (SSSR count). The van der Waals surface area contributed by atoms with Crippen molar-refractivity contribution >= 4 is 39.7 Å². The lowest BCUT2D eigenvalue weighted by atomic mass is 10.2. The lowest BCUT2D eigenvalue weighted by molar-refractivity contribution is -0.118. The number of hydrogen-bond donors (Lipinski definition) is 0. The molecule has 0 bridgehead atoms. The Balaban J connectivity index is 1.99. The van der Waals surface area contributed by atoms with E-state index in [0.29, 0.717) is 0 Å². The fraction of sp³-hybridized carbons (Fsp3) is 0.611. The van der Waals surface area contributed by atoms with Crippen molar-refractivity contribution in [3.05, 3.63) is 10.9 Å². The molecule has 1 aliphatic heterocycles. The van der Waals surface area contributed by atoms with Crippen molar-refractivity contribution in [2.75, 3.05) is 49.1 Å². The molecule has 3 heterocycles. The van der Waals surface area contributed by atoms with E-state index in [0.717, 1.165) is 75.1 Å². The largest absolute Gasteiger partial charge is 0.356 e. The quantitative estimate of drug-likeness (QED) is 0.710. The summed E-state index contributed by atoms with van der Waals surface area (Å²) in [7, 11) is 0. The zero-order chi connectivity index (χ0) is 17.8. The first kappa shape index (κ1) is 17.9. The number of amides is 1. The van der Waals surface area contributed by atoms with Gasteiger partial charge in [-0.05, 0) is 30.7 Å². The van der Waals surface area contributed by atoms with Crippen molar-refractivity contribution in [3.8, 4) is 0 Å². The molecule has 136 valence electrons. The molecule has 25 heavy (non-hydrogen) atoms. The maximum Gasteiger partial charge on any atom is 0.228 e. The van der Waals surface area contributed by atoms with Crippen LogP contribution in [0.2, 0.25) is 0 Å². The van der Waals surface area contributed by atoms with Crippen LogP contribution in [0.1, 0.15) is 32.3 Å². The molecule has 1 saturated heterocycles. The summed E-state index contributed by atoms with van der Waals surface area (Å²) in [6.45, 7) is 11.6. The van der Waals surface area contributed by atoms with Crippen molar-refractivity contribution < 1.29 is 4.79 Å². The lowest BCUT2D eigenvalue weighted by Crippen LogP contribution is -2.46. The Labute approximate surface area is 153 Å². The van der Waals surface area contributed by atoms with Crippen LogP contribution in [0.4, 0.5) is 11.8 Å². The van der Waals surface area contributed by atoms with Gasteiger partial charge in [-0.2, -0.15) is 4.98 Å². The standard InChI is InChI=1S/C18H27N5OS/c1-4-6-22(7-5-2)16-15-14(3)12-25-17(15)20-18(19-16)23-10-8-21(13-24)9-11-23/h12-13H,4-11H2,1-3H3. The van der Waals surface area contributed by atoms with Gasteiger partial charge in [-0.25, -0.2) is 4.98 Å². The molecule has 0 unspecified atom stereocenters. The van der Waals surface area contributed by atoms with Crippen molar-refractivity contribution in [2.24, 2.45) is 0 Å². The third-order valence-electron chi connectivity index (χ3n) is 4.62. The van der Waals surface area contributed by atoms with E-state index in [2.05, 4.69) is 36.0 Å². The van der Waals surface area contributed by atoms with Crippen LogP contribution in [0.3, 0.4) is 0 Å². The molecule has 0 aromatic carbocycles. The van der Waals surface area contributed by atoms with E-state index in [1.54, 1.807) is 11.3 Å². The third kappa shape index (κ3) is 3.71. The van der Waals surface area contributed by atoms with Gasteiger partial charge in [-0.3, -0.25) is 4.79 Å². The fourth-order valence-corrected chi connectivity index (χ4v) is 4.22. The molecule has 7 heteroatoms. The van der Waals surface area contributed by atoms with E-state index in [9.17, 15) is 4.79 Å². The number of thiophene rings is 1. The van der Waals surface area contributed by atoms with E-state index in [1.165, 1.54) is 10.9 Å². The summed E-state index contributed by atoms with van der Waals surface area (Å²) in [4.78, 5) is 28.2. The highest BCUT2D eigenvalue weighted by atomic mass is 32.1. The first-order valence-corrected chi connectivity index (χ1v) is 10.0. The van der Waals surface area contributed by atoms with Gasteiger partial charge in [0, 0.05) is 39.3 Å². The van der Waals surface area contributed by atoms with E-state index in [-0.39, 0.29) is 0 Å². The molecule has 0 saturated carbocycles. The number of anilines is 2. The molecular weight excluding hydrogens is 334 g/mol. The summed E-state index contributed by atoms with van der Waals surface area (Å²) in [5, 5.41) is 3.37. The number of rotatable bonds is 7. The summed E-state index contributed by atoms with van der Waals surface area (Å²) in [6.07, 6.45) is 3.13. The summed E-state index contributed by atoms with van der Waals surface area (Å²) in [6, 6.07) is 0. The molecule has 1 fully saturated rings. The molecule has 0 N–H and O–H groups in total. The average molecular weight is 362 g/mol. The van der Waals surface area contributed by atoms with Crippen molar-refractivity contribution in [2.45, 2.75) is 33.6 Å². The third-order valence-corrected chi connectivity index (χ3v) is 5.61. The van der Waals surface area contributed by atoms with Crippen LogP contribution in [-0.4, -0.2) is 60.5 Å². The van der Waals surface area contributed by atoms with Gasteiger partial charge in [0.15, 0.2) is 0 Å². The van der Waals surface area contributed by atoms with Gasteiger partial charge in [0.2, 0.25) is 12.4 Å². The van der Waals surface area contributed by atoms with Crippen LogP contribution in [0.25, 0.3) is 10.2 Å². The molecule has 0 spiro atoms. The highest BCUT2D eigenvalue weighted by Gasteiger charge is 2.22. The van der Waals surface area contributed by atoms with Crippen LogP contribution >= 0.6 is 11.3 Å². The van der Waals surface area contributed by atoms with Crippen LogP contribution in [0.5, 0.6) is 0 Å². The average Bonchev–Trinajstić information content (AvgIpc) is 3.02. The van der Waals surface area contributed by atoms with E-state index < -0.39 is 0 Å². The second-order valence-corrected chi connectivity index (χ2v) is 7.42. The number of hydrogen-bond acceptors (Lipinski definition) is 6. The molecule has 6 nitrogen and oxygen atoms in total. The van der Waals surface area contributed by atoms with Crippen molar-refractivity contribution in [1.82, 2.24) is 14.9 Å². The van der Waals surface area contributed by atoms with E-state index in [4.69, 9.17) is 9.97 Å². The zero-order valence-electron chi connectivity index (χ0n) is 15.4. The van der Waals surface area contributed by atoms with Gasteiger partial charge in [-0.1, -0.05) is 13.8 Å². The van der Waals surface area contributed by atoms with Gasteiger partial charge in [0.05, 0.1) is 5.39 Å². The minimum Gasteiger partial charge on any atom is -0.356 e. The number of carbonyl (C=O) groups is 1. The number of carbonyl (C=O) groups excluding carboxylic acids is 1. The molecule has 0 aliphatic carbocycles. The predicted octanol–water partition coefficient (Wildman–Crippen LogP) is 2.90. The van der Waals surface area contributed by atoms with Gasteiger partial charge in [0.25, 0.3) is 0 Å². The summed E-state index contributed by atoms with van der Waals surface area (Å²) in [5.41, 5.74) is 1.25. The Bertz CT molecular complexity index is 718. The number of fused-ring (bicyclic) bond motifs is 1. The highest BCUT2D eigenvalue weighted by Crippen LogP contribution is 2.33. The zero-order valence-corrected chi connectivity index (χ0v) is 16.2. The van der Waals surface area contributed by atoms with Gasteiger partial charge < -0.3 is 14.7 Å². The van der Waals surface area contributed by atoms with Crippen LogP contribution < -0.4 is 9.80 Å². The van der Waals surface area contributed by atoms with Crippen LogP contribution in [-0.2, 0) is 4.79 Å². The van der Waals surface area contributed by atoms with E-state index in [1.807, 2.05) is 4.90 Å². The Hall–Kier alpha value is -1.89. The lowest BCUT2D eigenvalue weighted by Gasteiger charge is -2.33. The SMILES string of the molecule is CCCN(CCC)c1nc(N2CCN(C=O)CC2)nc2scc(C)c12. The van der Waals surface area contributed by atoms with Gasteiger partial charge in [-0.15, -0.1) is 11.3 Å². The number of aryl methyl sites for hydroxylation is 1. The summed E-state index contributed by atoms with van der Waals surface area (Å²) >= 11 is 1.69. The Morgan fingerprint density at radius 1 is 1.16 bits per heavy atom. The first-order chi connectivity index (χ1) is 12.2. The smallest absolute Gasteiger partial charge is 0.228 e. The number of aromatic nitrogens is 2. The molecular formula is C18H27N5OS. The summed E-state index contributed by atoms with van der Waals surface area (Å²) in [5.74, 6) is 1.87. The van der Waals surface area contributed by atoms with Crippen molar-refractivity contribution in [1.29, 1.82) is 0 Å². The molecule has 0 atom stereocenters. The second-order valence-electron chi connectivity index (χ2n) is 6.56. The van der Waals surface area contributed by atoms with Crippen molar-refractivity contribution in [3.63, 3.8) is 0 Å². The number of piperazine rings is 1. The highest BCUT2D eigenvalue weighted by molar-refractivity contribution is 7.17. The van der Waals surface area contributed by atoms with Gasteiger partial charge >= 0.3 is 0 Å². The monoisotopic (exact) mass is 361 g/mol. The Kier molecular flexibility index (Phi) is 5.73. The topological polar surface area (TPSA) is 52.6 Å². The van der Waals surface area contributed by atoms with E-state index >= 15 is 0 Å². The first-order valence-electron chi connectivity index (χ1n) is 9.13. The summed E-state index contributed by atoms with van der Waals surface area (Å²) < 4.78 is 0. The molecule has 1 amide bonds. The normalized spacial score (nSPS) is 15.0. The fourth-order valence-electron chi connectivity index (χ4n) is 3.31. The minimum atomic E-state index is 0.733. The molecule has 2 aromatic heterocycles. The predicted molar refractivity (Wildman–Crippen MR) is 105 cm³/mol. The second kappa shape index (κ2) is 7.99. The molecule has 2 aromatic rings. The van der Waals surface area contributed by atoms with Crippen LogP contribution in [0, 0.1) is 6.92 Å². The Morgan fingerprint density at radius 3 is 2.44 bits per heavy atom. The molecule has 0 radical (unpaired) electrons. The maximum atomic E-state index is 10.9. The molecule has 1 aliphatic rings. The van der Waals surface area contributed by atoms with Crippen LogP contribution in [0.15, 0.2) is 5.38 Å². The Morgan fingerprint density at radius 2 is 1.84 bits per heavy atom.